The number of amides is 1. The number of aromatic nitrogens is 2. The van der Waals surface area contributed by atoms with Gasteiger partial charge in [-0.15, -0.1) is 0 Å². The second kappa shape index (κ2) is 4.33. The summed E-state index contributed by atoms with van der Waals surface area (Å²) in [5, 5.41) is 0. The molecule has 0 fully saturated rings. The number of carbonyl (C=O) groups excluding carboxylic acids is 1. The van der Waals surface area contributed by atoms with Crippen LogP contribution in [0.15, 0.2) is 18.2 Å². The summed E-state index contributed by atoms with van der Waals surface area (Å²) in [4.78, 5) is 18.1. The Hall–Kier alpha value is -2.04. The van der Waals surface area contributed by atoms with E-state index in [0.29, 0.717) is 5.69 Å². The van der Waals surface area contributed by atoms with Gasteiger partial charge in [-0.2, -0.15) is 0 Å². The Kier molecular flexibility index (Phi) is 2.98. The van der Waals surface area contributed by atoms with Crippen LogP contribution in [-0.4, -0.2) is 34.5 Å². The average molecular weight is 246 g/mol. The van der Waals surface area contributed by atoms with Gasteiger partial charge < -0.3 is 15.2 Å². The van der Waals surface area contributed by atoms with Gasteiger partial charge in [-0.3, -0.25) is 4.79 Å². The van der Waals surface area contributed by atoms with E-state index in [9.17, 15) is 4.79 Å². The number of aryl methyl sites for hydroxylation is 1. The predicted octanol–water partition coefficient (Wildman–Crippen LogP) is 1.58. The molecule has 2 rings (SSSR count). The molecule has 1 unspecified atom stereocenters. The minimum atomic E-state index is -0.270. The SMILES string of the molecule is Cc1nc2cc(N)ccc2n1C(C)C(=O)N(C)C. The maximum atomic E-state index is 12.1. The van der Waals surface area contributed by atoms with Gasteiger partial charge in [0.15, 0.2) is 0 Å². The molecule has 5 nitrogen and oxygen atoms in total. The summed E-state index contributed by atoms with van der Waals surface area (Å²) >= 11 is 0. The van der Waals surface area contributed by atoms with E-state index in [2.05, 4.69) is 4.98 Å². The van der Waals surface area contributed by atoms with Crippen LogP contribution in [0.2, 0.25) is 0 Å². The van der Waals surface area contributed by atoms with Crippen LogP contribution >= 0.6 is 0 Å². The molecule has 0 spiro atoms. The van der Waals surface area contributed by atoms with E-state index in [-0.39, 0.29) is 11.9 Å². The Morgan fingerprint density at radius 1 is 1.44 bits per heavy atom. The first-order valence-corrected chi connectivity index (χ1v) is 5.87. The molecule has 2 aromatic rings. The van der Waals surface area contributed by atoms with E-state index >= 15 is 0 Å². The summed E-state index contributed by atoms with van der Waals surface area (Å²) < 4.78 is 1.94. The molecule has 0 aliphatic rings. The fourth-order valence-electron chi connectivity index (χ4n) is 2.21. The zero-order chi connectivity index (χ0) is 13.4. The Balaban J connectivity index is 2.57. The number of benzene rings is 1. The van der Waals surface area contributed by atoms with Crippen molar-refractivity contribution in [2.45, 2.75) is 19.9 Å². The molecule has 0 saturated heterocycles. The molecule has 0 bridgehead atoms. The Morgan fingerprint density at radius 2 is 2.11 bits per heavy atom. The number of nitrogens with zero attached hydrogens (tertiary/aromatic N) is 3. The molecule has 2 N–H and O–H groups in total. The number of rotatable bonds is 2. The molecule has 0 aliphatic carbocycles. The number of hydrogen-bond acceptors (Lipinski definition) is 3. The number of nitrogens with two attached hydrogens (primary N) is 1. The minimum Gasteiger partial charge on any atom is -0.399 e. The van der Waals surface area contributed by atoms with E-state index < -0.39 is 0 Å². The second-order valence-corrected chi connectivity index (χ2v) is 4.69. The van der Waals surface area contributed by atoms with E-state index in [1.807, 2.05) is 36.6 Å². The van der Waals surface area contributed by atoms with Gasteiger partial charge in [-0.05, 0) is 32.0 Å². The number of likely N-dealkylation sites (N-methyl/N-ethyl adjacent to an activating group) is 1. The topological polar surface area (TPSA) is 64.1 Å². The highest BCUT2D eigenvalue weighted by atomic mass is 16.2. The molecule has 1 heterocycles. The van der Waals surface area contributed by atoms with E-state index in [1.54, 1.807) is 19.0 Å². The third-order valence-corrected chi connectivity index (χ3v) is 3.08. The number of carbonyl (C=O) groups is 1. The first-order valence-electron chi connectivity index (χ1n) is 5.87. The van der Waals surface area contributed by atoms with E-state index in [1.165, 1.54) is 0 Å². The Labute approximate surface area is 106 Å². The molecule has 96 valence electrons. The Morgan fingerprint density at radius 3 is 2.72 bits per heavy atom. The highest BCUT2D eigenvalue weighted by molar-refractivity contribution is 5.85. The van der Waals surface area contributed by atoms with E-state index in [4.69, 9.17) is 5.73 Å². The number of anilines is 1. The van der Waals surface area contributed by atoms with Crippen LogP contribution in [0.3, 0.4) is 0 Å². The van der Waals surface area contributed by atoms with Crippen LogP contribution in [0.5, 0.6) is 0 Å². The number of nitrogen functional groups attached to an aromatic ring is 1. The first-order chi connectivity index (χ1) is 8.41. The molecule has 0 aliphatic heterocycles. The van der Waals surface area contributed by atoms with Gasteiger partial charge in [0.2, 0.25) is 5.91 Å². The molecular formula is C13H18N4O. The van der Waals surface area contributed by atoms with Crippen molar-refractivity contribution in [1.82, 2.24) is 14.5 Å². The van der Waals surface area contributed by atoms with Crippen LogP contribution in [0.25, 0.3) is 11.0 Å². The van der Waals surface area contributed by atoms with Gasteiger partial charge in [0, 0.05) is 19.8 Å². The van der Waals surface area contributed by atoms with Gasteiger partial charge in [-0.1, -0.05) is 0 Å². The lowest BCUT2D eigenvalue weighted by Gasteiger charge is -2.19. The van der Waals surface area contributed by atoms with Crippen molar-refractivity contribution < 1.29 is 4.79 Å². The maximum absolute atomic E-state index is 12.1. The van der Waals surface area contributed by atoms with Crippen molar-refractivity contribution in [3.8, 4) is 0 Å². The lowest BCUT2D eigenvalue weighted by atomic mass is 10.2. The highest BCUT2D eigenvalue weighted by Crippen LogP contribution is 2.23. The summed E-state index contributed by atoms with van der Waals surface area (Å²) in [6.07, 6.45) is 0. The lowest BCUT2D eigenvalue weighted by molar-refractivity contribution is -0.131. The zero-order valence-electron chi connectivity index (χ0n) is 11.1. The Bertz CT molecular complexity index is 600. The summed E-state index contributed by atoms with van der Waals surface area (Å²) in [5.41, 5.74) is 8.18. The number of fused-ring (bicyclic) bond motifs is 1. The fraction of sp³-hybridized carbons (Fsp3) is 0.385. The van der Waals surface area contributed by atoms with Crippen LogP contribution < -0.4 is 5.73 Å². The molecule has 0 radical (unpaired) electrons. The van der Waals surface area contributed by atoms with Crippen molar-refractivity contribution >= 4 is 22.6 Å². The molecule has 1 amide bonds. The van der Waals surface area contributed by atoms with Crippen molar-refractivity contribution in [2.24, 2.45) is 0 Å². The largest absolute Gasteiger partial charge is 0.399 e. The molecule has 1 aromatic carbocycles. The fourth-order valence-corrected chi connectivity index (χ4v) is 2.21. The van der Waals surface area contributed by atoms with Gasteiger partial charge in [-0.25, -0.2) is 4.98 Å². The third-order valence-electron chi connectivity index (χ3n) is 3.08. The van der Waals surface area contributed by atoms with Crippen molar-refractivity contribution in [3.05, 3.63) is 24.0 Å². The minimum absolute atomic E-state index is 0.0502. The molecule has 5 heteroatoms. The standard InChI is InChI=1S/C13H18N4O/c1-8(13(18)16(3)4)17-9(2)15-11-7-10(14)5-6-12(11)17/h5-8H,14H2,1-4H3. The predicted molar refractivity (Wildman–Crippen MR) is 72.3 cm³/mol. The normalized spacial score (nSPS) is 12.7. The van der Waals surface area contributed by atoms with Crippen LogP contribution in [0.1, 0.15) is 18.8 Å². The van der Waals surface area contributed by atoms with Crippen molar-refractivity contribution in [3.63, 3.8) is 0 Å². The van der Waals surface area contributed by atoms with Crippen molar-refractivity contribution in [2.75, 3.05) is 19.8 Å². The molecule has 1 aromatic heterocycles. The number of imidazole rings is 1. The summed E-state index contributed by atoms with van der Waals surface area (Å²) in [6, 6.07) is 5.29. The van der Waals surface area contributed by atoms with Gasteiger partial charge in [0.1, 0.15) is 11.9 Å². The maximum Gasteiger partial charge on any atom is 0.244 e. The second-order valence-electron chi connectivity index (χ2n) is 4.69. The van der Waals surface area contributed by atoms with Crippen LogP contribution in [0.4, 0.5) is 5.69 Å². The third kappa shape index (κ3) is 1.92. The highest BCUT2D eigenvalue weighted by Gasteiger charge is 2.21. The van der Waals surface area contributed by atoms with E-state index in [0.717, 1.165) is 16.9 Å². The molecule has 1 atom stereocenters. The molecular weight excluding hydrogens is 228 g/mol. The first kappa shape index (κ1) is 12.4. The van der Waals surface area contributed by atoms with Gasteiger partial charge >= 0.3 is 0 Å². The molecule has 0 saturated carbocycles. The monoisotopic (exact) mass is 246 g/mol. The summed E-state index contributed by atoms with van der Waals surface area (Å²) in [7, 11) is 3.51. The lowest BCUT2D eigenvalue weighted by Crippen LogP contribution is -2.30. The van der Waals surface area contributed by atoms with Crippen LogP contribution in [-0.2, 0) is 4.79 Å². The zero-order valence-corrected chi connectivity index (χ0v) is 11.1. The molecule has 18 heavy (non-hydrogen) atoms. The quantitative estimate of drug-likeness (QED) is 0.818. The number of hydrogen-bond donors (Lipinski definition) is 1. The van der Waals surface area contributed by atoms with Crippen molar-refractivity contribution in [1.29, 1.82) is 0 Å². The van der Waals surface area contributed by atoms with Crippen LogP contribution in [0, 0.1) is 6.92 Å². The summed E-state index contributed by atoms with van der Waals surface area (Å²) in [5.74, 6) is 0.868. The smallest absolute Gasteiger partial charge is 0.244 e. The average Bonchev–Trinajstić information content (AvgIpc) is 2.62. The van der Waals surface area contributed by atoms with Gasteiger partial charge in [0.05, 0.1) is 11.0 Å². The van der Waals surface area contributed by atoms with Gasteiger partial charge in [0.25, 0.3) is 0 Å². The summed E-state index contributed by atoms with van der Waals surface area (Å²) in [6.45, 7) is 3.78.